The second-order valence-corrected chi connectivity index (χ2v) is 8.85. The van der Waals surface area contributed by atoms with E-state index in [0.29, 0.717) is 18.1 Å². The molecule has 180 valence electrons. The molecule has 2 heterocycles. The van der Waals surface area contributed by atoms with Gasteiger partial charge in [0.1, 0.15) is 24.7 Å². The summed E-state index contributed by atoms with van der Waals surface area (Å²) >= 11 is 0. The van der Waals surface area contributed by atoms with Gasteiger partial charge in [0.15, 0.2) is 11.4 Å². The number of pyridine rings is 1. The van der Waals surface area contributed by atoms with Crippen molar-refractivity contribution in [3.8, 4) is 17.6 Å². The van der Waals surface area contributed by atoms with Gasteiger partial charge in [0.05, 0.1) is 11.8 Å². The lowest BCUT2D eigenvalue weighted by atomic mass is 9.85. The monoisotopic (exact) mass is 463 g/mol. The van der Waals surface area contributed by atoms with E-state index < -0.39 is 0 Å². The standard InChI is InChI=1S/C26H29N3O3.CH4O/c1-17(2)32-26-9-6-22(28-25(26)11-27)16-31-23-7-8-24-18(3)21(5-4-20(24)10-23)14-29-12-19(13-29)15-30;1-2/h6-10,15,17,19H,4-5,12-14,16H2,1-3H3;2H,1H3. The first kappa shape index (κ1) is 25.4. The summed E-state index contributed by atoms with van der Waals surface area (Å²) in [6.45, 7) is 9.04. The van der Waals surface area contributed by atoms with E-state index in [0.717, 1.165) is 51.6 Å². The van der Waals surface area contributed by atoms with E-state index in [1.807, 2.05) is 26.0 Å². The number of aliphatic hydroxyl groups excluding tert-OH is 1. The number of aromatic nitrogens is 1. The molecule has 0 atom stereocenters. The molecule has 1 aromatic heterocycles. The molecule has 34 heavy (non-hydrogen) atoms. The molecule has 0 amide bonds. The Balaban J connectivity index is 0.00000158. The van der Waals surface area contributed by atoms with Gasteiger partial charge in [-0.15, -0.1) is 0 Å². The fourth-order valence-corrected chi connectivity index (χ4v) is 4.34. The zero-order chi connectivity index (χ0) is 24.7. The number of aryl methyl sites for hydroxylation is 1. The number of carbonyl (C=O) groups excluding carboxylic acids is 1. The normalized spacial score (nSPS) is 15.6. The zero-order valence-corrected chi connectivity index (χ0v) is 20.4. The molecular formula is C27H33N3O4. The van der Waals surface area contributed by atoms with Crippen molar-refractivity contribution < 1.29 is 19.4 Å². The molecule has 7 heteroatoms. The van der Waals surface area contributed by atoms with Gasteiger partial charge in [-0.1, -0.05) is 11.6 Å². The van der Waals surface area contributed by atoms with Crippen molar-refractivity contribution in [2.75, 3.05) is 26.7 Å². The predicted molar refractivity (Wildman–Crippen MR) is 131 cm³/mol. The predicted octanol–water partition coefficient (Wildman–Crippen LogP) is 3.78. The van der Waals surface area contributed by atoms with Crippen molar-refractivity contribution in [1.82, 2.24) is 9.88 Å². The van der Waals surface area contributed by atoms with Crippen LogP contribution in [0.25, 0.3) is 5.57 Å². The minimum Gasteiger partial charge on any atom is -0.488 e. The lowest BCUT2D eigenvalue weighted by molar-refractivity contribution is -0.115. The number of hydrogen-bond acceptors (Lipinski definition) is 7. The number of aldehydes is 1. The van der Waals surface area contributed by atoms with E-state index in [1.165, 1.54) is 22.3 Å². The van der Waals surface area contributed by atoms with Crippen LogP contribution in [0.2, 0.25) is 0 Å². The number of fused-ring (bicyclic) bond motifs is 1. The Bertz CT molecular complexity index is 1080. The van der Waals surface area contributed by atoms with Crippen LogP contribution < -0.4 is 9.47 Å². The minimum absolute atomic E-state index is 0.0151. The van der Waals surface area contributed by atoms with Gasteiger partial charge in [-0.3, -0.25) is 4.90 Å². The molecule has 0 saturated carbocycles. The Morgan fingerprint density at radius 1 is 1.24 bits per heavy atom. The van der Waals surface area contributed by atoms with E-state index in [1.54, 1.807) is 6.07 Å². The van der Waals surface area contributed by atoms with Crippen molar-refractivity contribution in [1.29, 1.82) is 5.26 Å². The molecule has 0 bridgehead atoms. The number of ether oxygens (including phenoxy) is 2. The van der Waals surface area contributed by atoms with Crippen LogP contribution in [-0.4, -0.2) is 54.1 Å². The summed E-state index contributed by atoms with van der Waals surface area (Å²) in [5, 5.41) is 16.4. The summed E-state index contributed by atoms with van der Waals surface area (Å²) in [4.78, 5) is 17.6. The van der Waals surface area contributed by atoms with E-state index in [2.05, 4.69) is 35.0 Å². The second-order valence-electron chi connectivity index (χ2n) is 8.85. The van der Waals surface area contributed by atoms with Crippen LogP contribution in [0.5, 0.6) is 11.5 Å². The van der Waals surface area contributed by atoms with Crippen LogP contribution in [0.3, 0.4) is 0 Å². The molecular weight excluding hydrogens is 430 g/mol. The number of nitrogens with zero attached hydrogens (tertiary/aromatic N) is 3. The highest BCUT2D eigenvalue weighted by atomic mass is 16.5. The molecule has 0 radical (unpaired) electrons. The first-order valence-electron chi connectivity index (χ1n) is 11.6. The quantitative estimate of drug-likeness (QED) is 0.595. The van der Waals surface area contributed by atoms with Crippen molar-refractivity contribution in [3.63, 3.8) is 0 Å². The number of likely N-dealkylation sites (tertiary alicyclic amines) is 1. The molecule has 1 fully saturated rings. The average molecular weight is 464 g/mol. The molecule has 4 rings (SSSR count). The number of hydrogen-bond donors (Lipinski definition) is 1. The number of nitriles is 1. The number of rotatable bonds is 8. The van der Waals surface area contributed by atoms with Gasteiger partial charge in [-0.05, 0) is 74.6 Å². The fourth-order valence-electron chi connectivity index (χ4n) is 4.34. The first-order chi connectivity index (χ1) is 16.5. The second kappa shape index (κ2) is 11.8. The minimum atomic E-state index is -0.0151. The zero-order valence-electron chi connectivity index (χ0n) is 20.4. The number of carbonyl (C=O) groups is 1. The number of allylic oxidation sites excluding steroid dienone is 1. The molecule has 1 aromatic carbocycles. The van der Waals surface area contributed by atoms with Crippen LogP contribution >= 0.6 is 0 Å². The van der Waals surface area contributed by atoms with Crippen molar-refractivity contribution in [2.24, 2.45) is 5.92 Å². The number of benzene rings is 1. The SMILES string of the molecule is CC1=C(CN2CC(C=O)C2)CCc2cc(OCc3ccc(OC(C)C)c(C#N)n3)ccc21.CO. The largest absolute Gasteiger partial charge is 0.488 e. The van der Waals surface area contributed by atoms with E-state index in [-0.39, 0.29) is 17.7 Å². The van der Waals surface area contributed by atoms with Crippen LogP contribution in [0.1, 0.15) is 49.7 Å². The Labute approximate surface area is 201 Å². The summed E-state index contributed by atoms with van der Waals surface area (Å²) in [5.41, 5.74) is 6.36. The maximum absolute atomic E-state index is 10.8. The van der Waals surface area contributed by atoms with Gasteiger partial charge in [-0.2, -0.15) is 5.26 Å². The van der Waals surface area contributed by atoms with E-state index in [4.69, 9.17) is 14.6 Å². The maximum atomic E-state index is 10.8. The molecule has 1 aliphatic heterocycles. The van der Waals surface area contributed by atoms with Gasteiger partial charge in [0.25, 0.3) is 0 Å². The molecule has 0 spiro atoms. The van der Waals surface area contributed by atoms with E-state index >= 15 is 0 Å². The summed E-state index contributed by atoms with van der Waals surface area (Å²) in [6.07, 6.45) is 3.08. The summed E-state index contributed by atoms with van der Waals surface area (Å²) in [5.74, 6) is 1.52. The van der Waals surface area contributed by atoms with E-state index in [9.17, 15) is 10.1 Å². The van der Waals surface area contributed by atoms with Crippen LogP contribution in [0, 0.1) is 17.2 Å². The molecule has 1 saturated heterocycles. The highest BCUT2D eigenvalue weighted by Gasteiger charge is 2.28. The molecule has 2 aliphatic rings. The summed E-state index contributed by atoms with van der Waals surface area (Å²) in [7, 11) is 1.00. The van der Waals surface area contributed by atoms with Crippen LogP contribution in [0.15, 0.2) is 35.9 Å². The molecule has 0 unspecified atom stereocenters. The molecule has 2 aromatic rings. The fraction of sp³-hybridized carbons (Fsp3) is 0.444. The molecule has 1 aliphatic carbocycles. The van der Waals surface area contributed by atoms with Gasteiger partial charge in [0.2, 0.25) is 0 Å². The topological polar surface area (TPSA) is 95.7 Å². The van der Waals surface area contributed by atoms with Crippen LogP contribution in [0.4, 0.5) is 0 Å². The Hall–Kier alpha value is -3.21. The van der Waals surface area contributed by atoms with Crippen molar-refractivity contribution in [3.05, 3.63) is 58.4 Å². The van der Waals surface area contributed by atoms with Crippen molar-refractivity contribution in [2.45, 2.75) is 46.3 Å². The molecule has 1 N–H and O–H groups in total. The third-order valence-corrected chi connectivity index (χ3v) is 6.07. The van der Waals surface area contributed by atoms with Crippen LogP contribution in [-0.2, 0) is 17.8 Å². The van der Waals surface area contributed by atoms with Gasteiger partial charge >= 0.3 is 0 Å². The molecule has 7 nitrogen and oxygen atoms in total. The van der Waals surface area contributed by atoms with Crippen molar-refractivity contribution >= 4 is 11.9 Å². The van der Waals surface area contributed by atoms with Gasteiger partial charge < -0.3 is 19.4 Å². The average Bonchev–Trinajstić information content (AvgIpc) is 2.82. The third kappa shape index (κ3) is 6.02. The number of aliphatic hydroxyl groups is 1. The highest BCUT2D eigenvalue weighted by Crippen LogP contribution is 2.34. The maximum Gasteiger partial charge on any atom is 0.183 e. The smallest absolute Gasteiger partial charge is 0.183 e. The Kier molecular flexibility index (Phi) is 8.80. The Morgan fingerprint density at radius 2 is 2.00 bits per heavy atom. The lowest BCUT2D eigenvalue weighted by Gasteiger charge is -2.38. The summed E-state index contributed by atoms with van der Waals surface area (Å²) < 4.78 is 11.6. The lowest BCUT2D eigenvalue weighted by Crippen LogP contribution is -2.48. The summed E-state index contributed by atoms with van der Waals surface area (Å²) in [6, 6.07) is 12.0. The van der Waals surface area contributed by atoms with Gasteiger partial charge in [0, 0.05) is 32.7 Å². The third-order valence-electron chi connectivity index (χ3n) is 6.07. The Morgan fingerprint density at radius 3 is 2.68 bits per heavy atom. The highest BCUT2D eigenvalue weighted by molar-refractivity contribution is 5.72. The van der Waals surface area contributed by atoms with Gasteiger partial charge in [-0.25, -0.2) is 4.98 Å². The first-order valence-corrected chi connectivity index (χ1v) is 11.6.